The smallest absolute Gasteiger partial charge is 0.234 e. The summed E-state index contributed by atoms with van der Waals surface area (Å²) in [6.07, 6.45) is 1.14. The van der Waals surface area contributed by atoms with E-state index < -0.39 is 15.4 Å². The van der Waals surface area contributed by atoms with Gasteiger partial charge in [0, 0.05) is 17.8 Å². The van der Waals surface area contributed by atoms with Crippen LogP contribution in [0.25, 0.3) is 16.9 Å². The lowest BCUT2D eigenvalue weighted by molar-refractivity contribution is -0.123. The van der Waals surface area contributed by atoms with Crippen molar-refractivity contribution in [1.29, 1.82) is 0 Å². The number of nitrogens with two attached hydrogens (primary N) is 2. The standard InChI is InChI=1S/C19H22N6O4S/c1-29-15-6-5-14(12-3-2-4-13(20)11-12)25-16(15)23-17(24-25)19(7-8-19)18(26)22-9-10-30(21,27)28/h2-6,11H,7-10,20H2,1H3,(H,22,26)(H2,21,27,28). The van der Waals surface area contributed by atoms with Crippen molar-refractivity contribution in [3.05, 3.63) is 42.2 Å². The quantitative estimate of drug-likeness (QED) is 0.459. The summed E-state index contributed by atoms with van der Waals surface area (Å²) in [7, 11) is -2.12. The summed E-state index contributed by atoms with van der Waals surface area (Å²) in [5.41, 5.74) is 7.73. The highest BCUT2D eigenvalue weighted by molar-refractivity contribution is 7.89. The van der Waals surface area contributed by atoms with Crippen LogP contribution in [0.3, 0.4) is 0 Å². The zero-order valence-electron chi connectivity index (χ0n) is 16.3. The van der Waals surface area contributed by atoms with E-state index in [1.54, 1.807) is 16.6 Å². The van der Waals surface area contributed by atoms with Gasteiger partial charge in [0.1, 0.15) is 5.41 Å². The molecule has 0 spiro atoms. The summed E-state index contributed by atoms with van der Waals surface area (Å²) in [6, 6.07) is 11.0. The number of benzene rings is 1. The molecule has 1 aliphatic rings. The Labute approximate surface area is 173 Å². The number of nitrogens with zero attached hydrogens (tertiary/aromatic N) is 3. The highest BCUT2D eigenvalue weighted by Crippen LogP contribution is 2.47. The van der Waals surface area contributed by atoms with Crippen LogP contribution in [-0.2, 0) is 20.2 Å². The predicted molar refractivity (Wildman–Crippen MR) is 111 cm³/mol. The van der Waals surface area contributed by atoms with E-state index in [1.165, 1.54) is 7.11 Å². The van der Waals surface area contributed by atoms with E-state index in [2.05, 4.69) is 15.4 Å². The second kappa shape index (κ2) is 7.26. The van der Waals surface area contributed by atoms with Crippen molar-refractivity contribution in [3.8, 4) is 17.0 Å². The van der Waals surface area contributed by atoms with Gasteiger partial charge in [0.2, 0.25) is 15.9 Å². The Hall–Kier alpha value is -3.18. The first kappa shape index (κ1) is 20.1. The number of methoxy groups -OCH3 is 1. The lowest BCUT2D eigenvalue weighted by atomic mass is 10.1. The van der Waals surface area contributed by atoms with Crippen LogP contribution in [0.1, 0.15) is 18.7 Å². The molecule has 30 heavy (non-hydrogen) atoms. The molecule has 158 valence electrons. The molecular weight excluding hydrogens is 408 g/mol. The lowest BCUT2D eigenvalue weighted by Gasteiger charge is -2.11. The number of amides is 1. The average molecular weight is 430 g/mol. The molecule has 2 heterocycles. The van der Waals surface area contributed by atoms with Gasteiger partial charge in [-0.15, -0.1) is 5.10 Å². The maximum absolute atomic E-state index is 12.8. The molecule has 1 saturated carbocycles. The number of carbonyl (C=O) groups is 1. The van der Waals surface area contributed by atoms with Crippen molar-refractivity contribution in [2.24, 2.45) is 5.14 Å². The number of sulfonamides is 1. The molecule has 3 aromatic rings. The van der Waals surface area contributed by atoms with E-state index in [1.807, 2.05) is 24.3 Å². The Morgan fingerprint density at radius 2 is 2.07 bits per heavy atom. The molecule has 0 unspecified atom stereocenters. The molecule has 0 atom stereocenters. The van der Waals surface area contributed by atoms with Gasteiger partial charge < -0.3 is 15.8 Å². The van der Waals surface area contributed by atoms with Crippen LogP contribution < -0.4 is 20.9 Å². The number of anilines is 1. The van der Waals surface area contributed by atoms with Crippen molar-refractivity contribution in [1.82, 2.24) is 19.9 Å². The first-order valence-corrected chi connectivity index (χ1v) is 11.0. The number of aromatic nitrogens is 3. The topological polar surface area (TPSA) is 155 Å². The maximum Gasteiger partial charge on any atom is 0.234 e. The molecule has 1 aliphatic carbocycles. The zero-order chi connectivity index (χ0) is 21.5. The highest BCUT2D eigenvalue weighted by atomic mass is 32.2. The Kier molecular flexibility index (Phi) is 4.86. The molecule has 1 aromatic carbocycles. The molecule has 0 bridgehead atoms. The summed E-state index contributed by atoms with van der Waals surface area (Å²) < 4.78 is 29.3. The molecule has 11 heteroatoms. The van der Waals surface area contributed by atoms with E-state index in [0.717, 1.165) is 11.3 Å². The first-order valence-electron chi connectivity index (χ1n) is 9.32. The minimum atomic E-state index is -3.66. The third kappa shape index (κ3) is 3.68. The molecule has 1 fully saturated rings. The fraction of sp³-hybridized carbons (Fsp3) is 0.316. The number of primary sulfonamides is 1. The fourth-order valence-electron chi connectivity index (χ4n) is 3.37. The van der Waals surface area contributed by atoms with Crippen LogP contribution in [-0.4, -0.2) is 48.3 Å². The van der Waals surface area contributed by atoms with Crippen LogP contribution in [0.2, 0.25) is 0 Å². The molecule has 4 rings (SSSR count). The summed E-state index contributed by atoms with van der Waals surface area (Å²) >= 11 is 0. The number of rotatable bonds is 7. The van der Waals surface area contributed by atoms with Crippen molar-refractivity contribution in [3.63, 3.8) is 0 Å². The number of ether oxygens (including phenoxy) is 1. The van der Waals surface area contributed by atoms with Gasteiger partial charge in [-0.05, 0) is 37.1 Å². The number of fused-ring (bicyclic) bond motifs is 1. The van der Waals surface area contributed by atoms with Crippen LogP contribution in [0.4, 0.5) is 5.69 Å². The van der Waals surface area contributed by atoms with Crippen molar-refractivity contribution >= 4 is 27.3 Å². The molecule has 2 aromatic heterocycles. The number of hydrogen-bond donors (Lipinski definition) is 3. The van der Waals surface area contributed by atoms with E-state index in [-0.39, 0.29) is 18.2 Å². The van der Waals surface area contributed by atoms with Crippen LogP contribution in [0.15, 0.2) is 36.4 Å². The zero-order valence-corrected chi connectivity index (χ0v) is 17.1. The summed E-state index contributed by atoms with van der Waals surface area (Å²) in [6.45, 7) is -0.0648. The van der Waals surface area contributed by atoms with Crippen LogP contribution in [0.5, 0.6) is 5.75 Å². The summed E-state index contributed by atoms with van der Waals surface area (Å²) in [4.78, 5) is 17.4. The molecule has 5 N–H and O–H groups in total. The van der Waals surface area contributed by atoms with Crippen LogP contribution >= 0.6 is 0 Å². The van der Waals surface area contributed by atoms with Gasteiger partial charge in [-0.25, -0.2) is 23.1 Å². The Balaban J connectivity index is 1.72. The monoisotopic (exact) mass is 430 g/mol. The first-order chi connectivity index (χ1) is 14.2. The largest absolute Gasteiger partial charge is 0.493 e. The number of pyridine rings is 1. The van der Waals surface area contributed by atoms with E-state index >= 15 is 0 Å². The van der Waals surface area contributed by atoms with Gasteiger partial charge in [-0.3, -0.25) is 4.79 Å². The Morgan fingerprint density at radius 1 is 1.30 bits per heavy atom. The third-order valence-corrected chi connectivity index (χ3v) is 5.91. The molecular formula is C19H22N6O4S. The summed E-state index contributed by atoms with van der Waals surface area (Å²) in [5.74, 6) is 0.240. The molecule has 10 nitrogen and oxygen atoms in total. The van der Waals surface area contributed by atoms with E-state index in [9.17, 15) is 13.2 Å². The Morgan fingerprint density at radius 3 is 2.70 bits per heavy atom. The lowest BCUT2D eigenvalue weighted by Crippen LogP contribution is -2.38. The van der Waals surface area contributed by atoms with Crippen molar-refractivity contribution in [2.75, 3.05) is 25.1 Å². The van der Waals surface area contributed by atoms with Gasteiger partial charge >= 0.3 is 0 Å². The number of nitrogens with one attached hydrogen (secondary N) is 1. The number of carbonyl (C=O) groups excluding carboxylic acids is 1. The molecule has 0 aliphatic heterocycles. The van der Waals surface area contributed by atoms with Gasteiger partial charge in [-0.2, -0.15) is 0 Å². The summed E-state index contributed by atoms with van der Waals surface area (Å²) in [5, 5.41) is 12.2. The van der Waals surface area contributed by atoms with Gasteiger partial charge in [0.15, 0.2) is 17.2 Å². The van der Waals surface area contributed by atoms with Gasteiger partial charge in [0.25, 0.3) is 0 Å². The Bertz CT molecular complexity index is 1230. The molecule has 0 radical (unpaired) electrons. The van der Waals surface area contributed by atoms with Crippen molar-refractivity contribution < 1.29 is 17.9 Å². The predicted octanol–water partition coefficient (Wildman–Crippen LogP) is 0.423. The number of nitrogen functional groups attached to an aromatic ring is 1. The second-order valence-electron chi connectivity index (χ2n) is 7.29. The highest BCUT2D eigenvalue weighted by Gasteiger charge is 2.54. The van der Waals surface area contributed by atoms with Crippen molar-refractivity contribution in [2.45, 2.75) is 18.3 Å². The second-order valence-corrected chi connectivity index (χ2v) is 9.02. The normalized spacial score (nSPS) is 15.1. The maximum atomic E-state index is 12.8. The van der Waals surface area contributed by atoms with Gasteiger partial charge in [-0.1, -0.05) is 12.1 Å². The number of hydrogen-bond acceptors (Lipinski definition) is 7. The molecule has 1 amide bonds. The average Bonchev–Trinajstić information content (AvgIpc) is 3.38. The van der Waals surface area contributed by atoms with E-state index in [4.69, 9.17) is 15.6 Å². The minimum Gasteiger partial charge on any atom is -0.493 e. The van der Waals surface area contributed by atoms with Crippen LogP contribution in [0, 0.1) is 0 Å². The van der Waals surface area contributed by atoms with Gasteiger partial charge in [0.05, 0.1) is 18.6 Å². The van der Waals surface area contributed by atoms with E-state index in [0.29, 0.717) is 35.8 Å². The minimum absolute atomic E-state index is 0.0648. The third-order valence-electron chi connectivity index (χ3n) is 5.14. The fourth-order valence-corrected chi connectivity index (χ4v) is 3.76. The molecule has 0 saturated heterocycles. The SMILES string of the molecule is COc1ccc(-c2cccc(N)c2)n2nc(C3(C(=O)NCCS(N)(=O)=O)CC3)nc12.